The van der Waals surface area contributed by atoms with Crippen molar-refractivity contribution < 1.29 is 4.74 Å². The number of aromatic nitrogens is 1. The van der Waals surface area contributed by atoms with E-state index in [9.17, 15) is 0 Å². The van der Waals surface area contributed by atoms with Gasteiger partial charge in [-0.3, -0.25) is 0 Å². The average Bonchev–Trinajstić information content (AvgIpc) is 2.88. The molecule has 0 unspecified atom stereocenters. The van der Waals surface area contributed by atoms with Crippen LogP contribution in [-0.4, -0.2) is 11.6 Å². The normalized spacial score (nSPS) is 10.9. The second-order valence-corrected chi connectivity index (χ2v) is 6.61. The zero-order valence-electron chi connectivity index (χ0n) is 12.9. The Morgan fingerprint density at radius 1 is 1.14 bits per heavy atom. The Kier molecular flexibility index (Phi) is 6.07. The van der Waals surface area contributed by atoms with Crippen molar-refractivity contribution in [3.63, 3.8) is 0 Å². The maximum Gasteiger partial charge on any atom is 0.125 e. The quantitative estimate of drug-likeness (QED) is 0.515. The second kappa shape index (κ2) is 7.81. The zero-order valence-corrected chi connectivity index (χ0v) is 14.5. The lowest BCUT2D eigenvalue weighted by molar-refractivity contribution is 0.303. The van der Waals surface area contributed by atoms with Gasteiger partial charge in [0.1, 0.15) is 5.75 Å². The van der Waals surface area contributed by atoms with E-state index in [1.165, 1.54) is 21.7 Å². The van der Waals surface area contributed by atoms with Gasteiger partial charge in [-0.2, -0.15) is 0 Å². The Balaban J connectivity index is 1.75. The van der Waals surface area contributed by atoms with Gasteiger partial charge in [-0.25, -0.2) is 4.98 Å². The largest absolute Gasteiger partial charge is 0.493 e. The number of alkyl halides is 1. The van der Waals surface area contributed by atoms with Gasteiger partial charge in [-0.05, 0) is 51.2 Å². The third-order valence-electron chi connectivity index (χ3n) is 3.37. The fraction of sp³-hybridized carbons (Fsp3) is 0.471. The summed E-state index contributed by atoms with van der Waals surface area (Å²) < 4.78 is 5.95. The predicted molar refractivity (Wildman–Crippen MR) is 90.8 cm³/mol. The molecule has 0 saturated heterocycles. The van der Waals surface area contributed by atoms with E-state index in [4.69, 9.17) is 16.3 Å². The van der Waals surface area contributed by atoms with E-state index in [1.807, 2.05) is 5.38 Å². The van der Waals surface area contributed by atoms with Gasteiger partial charge in [0, 0.05) is 5.38 Å². The lowest BCUT2D eigenvalue weighted by Crippen LogP contribution is -2.01. The minimum Gasteiger partial charge on any atom is -0.493 e. The number of hydrogen-bond donors (Lipinski definition) is 0. The molecule has 1 aromatic heterocycles. The minimum absolute atomic E-state index is 0.506. The molecule has 1 heterocycles. The molecule has 1 aromatic carbocycles. The topological polar surface area (TPSA) is 22.1 Å². The van der Waals surface area contributed by atoms with Gasteiger partial charge >= 0.3 is 0 Å². The summed E-state index contributed by atoms with van der Waals surface area (Å²) in [6.45, 7) is 7.10. The molecule has 0 aliphatic heterocycles. The van der Waals surface area contributed by atoms with Crippen LogP contribution >= 0.6 is 22.9 Å². The van der Waals surface area contributed by atoms with Crippen LogP contribution < -0.4 is 4.74 Å². The number of aryl methyl sites for hydroxylation is 4. The van der Waals surface area contributed by atoms with Crippen molar-refractivity contribution in [2.24, 2.45) is 0 Å². The highest BCUT2D eigenvalue weighted by Gasteiger charge is 2.05. The first kappa shape index (κ1) is 16.3. The molecule has 0 aliphatic rings. The van der Waals surface area contributed by atoms with Gasteiger partial charge in [0.15, 0.2) is 0 Å². The first-order valence-electron chi connectivity index (χ1n) is 7.30. The van der Waals surface area contributed by atoms with Crippen LogP contribution in [-0.2, 0) is 12.3 Å². The summed E-state index contributed by atoms with van der Waals surface area (Å²) in [6.07, 6.45) is 3.15. The lowest BCUT2D eigenvalue weighted by Gasteiger charge is -2.12. The number of halogens is 1. The number of unbranched alkanes of at least 4 members (excludes halogenated alkanes) is 1. The van der Waals surface area contributed by atoms with E-state index in [0.29, 0.717) is 5.88 Å². The highest BCUT2D eigenvalue weighted by Crippen LogP contribution is 2.24. The van der Waals surface area contributed by atoms with Crippen LogP contribution in [0.1, 0.15) is 40.2 Å². The molecule has 4 heteroatoms. The van der Waals surface area contributed by atoms with E-state index in [0.717, 1.165) is 37.3 Å². The highest BCUT2D eigenvalue weighted by atomic mass is 35.5. The van der Waals surface area contributed by atoms with Gasteiger partial charge in [0.25, 0.3) is 0 Å². The van der Waals surface area contributed by atoms with Gasteiger partial charge in [0.05, 0.1) is 23.2 Å². The van der Waals surface area contributed by atoms with E-state index < -0.39 is 0 Å². The number of benzene rings is 1. The number of ether oxygens (including phenoxy) is 1. The third-order valence-corrected chi connectivity index (χ3v) is 4.60. The first-order valence-corrected chi connectivity index (χ1v) is 8.71. The molecule has 114 valence electrons. The molecular weight excluding hydrogens is 302 g/mol. The molecule has 2 nitrogen and oxygen atoms in total. The summed E-state index contributed by atoms with van der Waals surface area (Å²) in [5.41, 5.74) is 4.72. The zero-order chi connectivity index (χ0) is 15.2. The molecule has 21 heavy (non-hydrogen) atoms. The number of hydrogen-bond acceptors (Lipinski definition) is 3. The summed E-state index contributed by atoms with van der Waals surface area (Å²) in [4.78, 5) is 4.47. The van der Waals surface area contributed by atoms with Crippen molar-refractivity contribution >= 4 is 22.9 Å². The van der Waals surface area contributed by atoms with Crippen molar-refractivity contribution in [2.45, 2.75) is 45.9 Å². The highest BCUT2D eigenvalue weighted by molar-refractivity contribution is 7.09. The first-order chi connectivity index (χ1) is 10.1. The summed E-state index contributed by atoms with van der Waals surface area (Å²) in [6, 6.07) is 4.34. The minimum atomic E-state index is 0.506. The summed E-state index contributed by atoms with van der Waals surface area (Å²) in [5.74, 6) is 1.55. The standard InChI is InChI=1S/C17H22ClNOS/c1-12-8-13(2)17(14(3)9-12)20-7-5-4-6-16-19-15(10-18)11-21-16/h8-9,11H,4-7,10H2,1-3H3. The Morgan fingerprint density at radius 2 is 1.86 bits per heavy atom. The summed E-state index contributed by atoms with van der Waals surface area (Å²) >= 11 is 7.46. The van der Waals surface area contributed by atoms with E-state index >= 15 is 0 Å². The number of nitrogens with zero attached hydrogens (tertiary/aromatic N) is 1. The SMILES string of the molecule is Cc1cc(C)c(OCCCCc2nc(CCl)cs2)c(C)c1. The summed E-state index contributed by atoms with van der Waals surface area (Å²) in [7, 11) is 0. The van der Waals surface area contributed by atoms with Crippen LogP contribution in [0.2, 0.25) is 0 Å². The third kappa shape index (κ3) is 4.72. The van der Waals surface area contributed by atoms with Crippen molar-refractivity contribution in [1.82, 2.24) is 4.98 Å². The van der Waals surface area contributed by atoms with Crippen LogP contribution in [0.25, 0.3) is 0 Å². The molecule has 0 atom stereocenters. The van der Waals surface area contributed by atoms with Crippen LogP contribution in [0.5, 0.6) is 5.75 Å². The Labute approximate surface area is 136 Å². The van der Waals surface area contributed by atoms with Gasteiger partial charge in [-0.15, -0.1) is 22.9 Å². The lowest BCUT2D eigenvalue weighted by atomic mass is 10.1. The van der Waals surface area contributed by atoms with Crippen LogP contribution in [0, 0.1) is 20.8 Å². The van der Waals surface area contributed by atoms with Crippen molar-refractivity contribution in [3.05, 3.63) is 44.9 Å². The Morgan fingerprint density at radius 3 is 2.48 bits per heavy atom. The predicted octanol–water partition coefficient (Wildman–Crippen LogP) is 5.21. The number of thiazole rings is 1. The molecule has 0 amide bonds. The molecule has 0 N–H and O–H groups in total. The van der Waals surface area contributed by atoms with Gasteiger partial charge < -0.3 is 4.74 Å². The van der Waals surface area contributed by atoms with Gasteiger partial charge in [-0.1, -0.05) is 17.7 Å². The van der Waals surface area contributed by atoms with Crippen molar-refractivity contribution in [2.75, 3.05) is 6.61 Å². The second-order valence-electron chi connectivity index (χ2n) is 5.40. The molecule has 0 fully saturated rings. The molecule has 2 rings (SSSR count). The van der Waals surface area contributed by atoms with Crippen LogP contribution in [0.15, 0.2) is 17.5 Å². The molecule has 0 spiro atoms. The van der Waals surface area contributed by atoms with Crippen molar-refractivity contribution in [3.8, 4) is 5.75 Å². The molecule has 0 aliphatic carbocycles. The van der Waals surface area contributed by atoms with Crippen molar-refractivity contribution in [1.29, 1.82) is 0 Å². The van der Waals surface area contributed by atoms with Crippen LogP contribution in [0.4, 0.5) is 0 Å². The molecular formula is C17H22ClNOS. The fourth-order valence-electron chi connectivity index (χ4n) is 2.47. The van der Waals surface area contributed by atoms with E-state index in [2.05, 4.69) is 37.9 Å². The van der Waals surface area contributed by atoms with E-state index in [1.54, 1.807) is 11.3 Å². The number of rotatable bonds is 7. The smallest absolute Gasteiger partial charge is 0.125 e. The molecule has 2 aromatic rings. The maximum atomic E-state index is 5.95. The molecule has 0 radical (unpaired) electrons. The molecule has 0 saturated carbocycles. The van der Waals surface area contributed by atoms with E-state index in [-0.39, 0.29) is 0 Å². The average molecular weight is 324 g/mol. The maximum absolute atomic E-state index is 5.95. The Hall–Kier alpha value is -1.06. The van der Waals surface area contributed by atoms with Crippen LogP contribution in [0.3, 0.4) is 0 Å². The Bertz CT molecular complexity index is 571. The monoisotopic (exact) mass is 323 g/mol. The fourth-order valence-corrected chi connectivity index (χ4v) is 3.54. The summed E-state index contributed by atoms with van der Waals surface area (Å²) in [5, 5.41) is 3.21. The van der Waals surface area contributed by atoms with Gasteiger partial charge in [0.2, 0.25) is 0 Å². The molecule has 0 bridgehead atoms.